The second kappa shape index (κ2) is 9.26. The fourth-order valence-corrected chi connectivity index (χ4v) is 5.89. The number of ketones is 1. The van der Waals surface area contributed by atoms with Crippen molar-refractivity contribution in [2.45, 2.75) is 63.4 Å². The van der Waals surface area contributed by atoms with Crippen LogP contribution in [-0.2, 0) is 14.3 Å². The molecule has 1 heterocycles. The summed E-state index contributed by atoms with van der Waals surface area (Å²) in [6, 6.07) is 17.6. The predicted molar refractivity (Wildman–Crippen MR) is 130 cm³/mol. The van der Waals surface area contributed by atoms with Gasteiger partial charge in [0.25, 0.3) is 0 Å². The molecule has 1 aliphatic heterocycles. The molecule has 2 aromatic rings. The minimum Gasteiger partial charge on any atom is -0.462 e. The highest BCUT2D eigenvalue weighted by molar-refractivity contribution is 6.31. The van der Waals surface area contributed by atoms with Gasteiger partial charge in [-0.15, -0.1) is 0 Å². The quantitative estimate of drug-likeness (QED) is 0.495. The van der Waals surface area contributed by atoms with E-state index in [1.165, 1.54) is 0 Å². The van der Waals surface area contributed by atoms with Crippen molar-refractivity contribution in [3.63, 3.8) is 0 Å². The number of rotatable bonds is 4. The molecule has 5 heteroatoms. The van der Waals surface area contributed by atoms with E-state index >= 15 is 0 Å². The minimum absolute atomic E-state index is 0.0444. The molecule has 5 rings (SSSR count). The number of aliphatic imine (C=N–C) groups is 1. The maximum absolute atomic E-state index is 13.6. The highest BCUT2D eigenvalue weighted by Gasteiger charge is 2.45. The van der Waals surface area contributed by atoms with Crippen LogP contribution in [0.4, 0.5) is 0 Å². The zero-order valence-corrected chi connectivity index (χ0v) is 19.6. The second-order valence-electron chi connectivity index (χ2n) is 9.37. The summed E-state index contributed by atoms with van der Waals surface area (Å²) in [7, 11) is 0. The fourth-order valence-electron chi connectivity index (χ4n) is 5.63. The first-order valence-corrected chi connectivity index (χ1v) is 12.2. The Labute approximate surface area is 199 Å². The third-order valence-electron chi connectivity index (χ3n) is 7.24. The van der Waals surface area contributed by atoms with Crippen LogP contribution in [0.25, 0.3) is 0 Å². The smallest absolute Gasteiger partial charge is 0.315 e. The van der Waals surface area contributed by atoms with Crippen LogP contribution in [-0.4, -0.2) is 23.6 Å². The molecule has 33 heavy (non-hydrogen) atoms. The van der Waals surface area contributed by atoms with Gasteiger partial charge < -0.3 is 4.74 Å². The van der Waals surface area contributed by atoms with E-state index in [-0.39, 0.29) is 23.8 Å². The van der Waals surface area contributed by atoms with Gasteiger partial charge in [0, 0.05) is 34.3 Å². The number of carbonyl (C=O) groups excluding carboxylic acids is 2. The molecule has 170 valence electrons. The molecule has 0 amide bonds. The summed E-state index contributed by atoms with van der Waals surface area (Å²) in [6.45, 7) is 1.88. The molecular weight excluding hydrogens is 434 g/mol. The van der Waals surface area contributed by atoms with E-state index in [1.807, 2.05) is 49.4 Å². The monoisotopic (exact) mass is 461 g/mol. The van der Waals surface area contributed by atoms with Crippen molar-refractivity contribution in [3.05, 3.63) is 82.0 Å². The van der Waals surface area contributed by atoms with Gasteiger partial charge in [0.2, 0.25) is 0 Å². The molecular formula is C28H28ClNO3. The zero-order chi connectivity index (χ0) is 22.9. The number of nitrogens with zero attached hydrogens (tertiary/aromatic N) is 1. The molecule has 3 aliphatic rings. The van der Waals surface area contributed by atoms with Crippen LogP contribution in [0, 0.1) is 5.92 Å². The zero-order valence-electron chi connectivity index (χ0n) is 18.8. The third-order valence-corrected chi connectivity index (χ3v) is 7.58. The predicted octanol–water partition coefficient (Wildman–Crippen LogP) is 6.40. The van der Waals surface area contributed by atoms with Crippen LogP contribution in [0.2, 0.25) is 5.02 Å². The number of Topliss-reactive ketones (excluding diaryl/α,β-unsaturated/α-hetero) is 1. The summed E-state index contributed by atoms with van der Waals surface area (Å²) >= 11 is 6.62. The van der Waals surface area contributed by atoms with Crippen molar-refractivity contribution in [1.29, 1.82) is 0 Å². The Kier molecular flexibility index (Phi) is 6.20. The van der Waals surface area contributed by atoms with Gasteiger partial charge in [0.05, 0.1) is 0 Å². The van der Waals surface area contributed by atoms with Crippen molar-refractivity contribution in [3.8, 4) is 0 Å². The molecule has 3 atom stereocenters. The molecule has 1 saturated carbocycles. The fraction of sp³-hybridized carbons (Fsp3) is 0.393. The maximum Gasteiger partial charge on any atom is 0.315 e. The number of carbonyl (C=O) groups is 2. The molecule has 4 nitrogen and oxygen atoms in total. The molecule has 0 saturated heterocycles. The lowest BCUT2D eigenvalue weighted by Crippen LogP contribution is -2.39. The molecule has 1 unspecified atom stereocenters. The second-order valence-corrected chi connectivity index (χ2v) is 9.78. The Bertz CT molecular complexity index is 1130. The highest BCUT2D eigenvalue weighted by atomic mass is 35.5. The standard InChI is InChI=1S/C28H28ClNO3/c1-17-25(28(32)33-20-11-5-6-12-20)26(21-13-7-8-14-22(21)29)27-23(30-17)15-19(16-24(27)31)18-9-3-2-4-10-18/h2-4,7-10,13-14,19-20,25-26H,5-6,11-12,15-16H2,1H3/t19-,25?,26-/m1/s1. The van der Waals surface area contributed by atoms with Crippen LogP contribution in [0.15, 0.2) is 70.9 Å². The lowest BCUT2D eigenvalue weighted by Gasteiger charge is -2.37. The summed E-state index contributed by atoms with van der Waals surface area (Å²) < 4.78 is 5.92. The van der Waals surface area contributed by atoms with Crippen LogP contribution < -0.4 is 0 Å². The Hall–Kier alpha value is -2.72. The Morgan fingerprint density at radius 3 is 2.42 bits per heavy atom. The van der Waals surface area contributed by atoms with E-state index in [4.69, 9.17) is 21.3 Å². The van der Waals surface area contributed by atoms with E-state index < -0.39 is 11.8 Å². The number of halogens is 1. The van der Waals surface area contributed by atoms with Gasteiger partial charge in [0.1, 0.15) is 12.0 Å². The van der Waals surface area contributed by atoms with Gasteiger partial charge in [-0.05, 0) is 62.1 Å². The van der Waals surface area contributed by atoms with E-state index in [1.54, 1.807) is 0 Å². The minimum atomic E-state index is -0.638. The number of esters is 1. The van der Waals surface area contributed by atoms with Crippen LogP contribution >= 0.6 is 11.6 Å². The lowest BCUT2D eigenvalue weighted by atomic mass is 9.69. The van der Waals surface area contributed by atoms with Gasteiger partial charge >= 0.3 is 5.97 Å². The summed E-state index contributed by atoms with van der Waals surface area (Å²) in [5, 5.41) is 0.556. The average molecular weight is 462 g/mol. The van der Waals surface area contributed by atoms with Gasteiger partial charge in [-0.2, -0.15) is 0 Å². The van der Waals surface area contributed by atoms with E-state index in [9.17, 15) is 9.59 Å². The van der Waals surface area contributed by atoms with Crippen molar-refractivity contribution in [1.82, 2.24) is 0 Å². The highest BCUT2D eigenvalue weighted by Crippen LogP contribution is 2.48. The van der Waals surface area contributed by atoms with Crippen LogP contribution in [0.1, 0.15) is 68.4 Å². The third kappa shape index (κ3) is 4.29. The number of benzene rings is 2. The van der Waals surface area contributed by atoms with E-state index in [0.29, 0.717) is 29.1 Å². The Morgan fingerprint density at radius 2 is 1.70 bits per heavy atom. The summed E-state index contributed by atoms with van der Waals surface area (Å²) in [5.41, 5.74) is 4.05. The van der Waals surface area contributed by atoms with Gasteiger partial charge in [0.15, 0.2) is 5.78 Å². The first-order chi connectivity index (χ1) is 16.0. The number of hydrogen-bond donors (Lipinski definition) is 0. The maximum atomic E-state index is 13.6. The summed E-state index contributed by atoms with van der Waals surface area (Å²) in [6.07, 6.45) is 5.00. The number of ether oxygens (including phenoxy) is 1. The van der Waals surface area contributed by atoms with E-state index in [2.05, 4.69) is 12.1 Å². The largest absolute Gasteiger partial charge is 0.462 e. The first-order valence-electron chi connectivity index (χ1n) is 11.8. The Morgan fingerprint density at radius 1 is 1.00 bits per heavy atom. The topological polar surface area (TPSA) is 55.7 Å². The van der Waals surface area contributed by atoms with E-state index in [0.717, 1.165) is 42.5 Å². The first kappa shape index (κ1) is 22.1. The molecule has 0 bridgehead atoms. The lowest BCUT2D eigenvalue weighted by molar-refractivity contribution is -0.151. The summed E-state index contributed by atoms with van der Waals surface area (Å²) in [5.74, 6) is -1.27. The van der Waals surface area contributed by atoms with Gasteiger partial charge in [-0.3, -0.25) is 14.6 Å². The SMILES string of the molecule is CC1=NC2=C(C(=O)C[C@H](c3ccccc3)C2)[C@H](c2ccccc2Cl)C1C(=O)OC1CCCC1. The molecule has 0 spiro atoms. The summed E-state index contributed by atoms with van der Waals surface area (Å²) in [4.78, 5) is 31.9. The molecule has 2 aromatic carbocycles. The number of hydrogen-bond acceptors (Lipinski definition) is 4. The molecule has 0 radical (unpaired) electrons. The average Bonchev–Trinajstić information content (AvgIpc) is 3.32. The van der Waals surface area contributed by atoms with Crippen LogP contribution in [0.5, 0.6) is 0 Å². The molecule has 0 aromatic heterocycles. The van der Waals surface area contributed by atoms with Crippen molar-refractivity contribution in [2.24, 2.45) is 10.9 Å². The van der Waals surface area contributed by atoms with Crippen molar-refractivity contribution < 1.29 is 14.3 Å². The molecule has 1 fully saturated rings. The molecule has 2 aliphatic carbocycles. The van der Waals surface area contributed by atoms with Crippen molar-refractivity contribution in [2.75, 3.05) is 0 Å². The van der Waals surface area contributed by atoms with Gasteiger partial charge in [-0.25, -0.2) is 0 Å². The van der Waals surface area contributed by atoms with Crippen molar-refractivity contribution >= 4 is 29.1 Å². The van der Waals surface area contributed by atoms with Gasteiger partial charge in [-0.1, -0.05) is 60.1 Å². The van der Waals surface area contributed by atoms with Crippen LogP contribution in [0.3, 0.4) is 0 Å². The normalized spacial score (nSPS) is 25.6. The Balaban J connectivity index is 1.56. The molecule has 0 N–H and O–H groups in total. The number of allylic oxidation sites excluding steroid dienone is 2.